The molecule has 0 radical (unpaired) electrons. The maximum atomic E-state index is 11.4. The highest BCUT2D eigenvalue weighted by Gasteiger charge is 2.20. The SMILES string of the molecule is C.C=C(S)N(/C(=C\C)c1ccc(C=O)c(CC)c1)c1ccc(C)c2c1ccn2C(C)C. The summed E-state index contributed by atoms with van der Waals surface area (Å²) in [6.07, 6.45) is 5.94. The Kier molecular flexibility index (Phi) is 7.96. The minimum absolute atomic E-state index is 0. The summed E-state index contributed by atoms with van der Waals surface area (Å²) in [5, 5.41) is 1.81. The van der Waals surface area contributed by atoms with Crippen LogP contribution in [0.3, 0.4) is 0 Å². The summed E-state index contributed by atoms with van der Waals surface area (Å²) in [6, 6.07) is 12.8. The van der Waals surface area contributed by atoms with E-state index in [-0.39, 0.29) is 7.43 Å². The highest BCUT2D eigenvalue weighted by atomic mass is 32.1. The van der Waals surface area contributed by atoms with E-state index in [9.17, 15) is 4.79 Å². The van der Waals surface area contributed by atoms with Crippen molar-refractivity contribution in [1.29, 1.82) is 0 Å². The van der Waals surface area contributed by atoms with Gasteiger partial charge in [0.1, 0.15) is 6.29 Å². The van der Waals surface area contributed by atoms with Crippen molar-refractivity contribution in [2.24, 2.45) is 0 Å². The van der Waals surface area contributed by atoms with Gasteiger partial charge in [-0.3, -0.25) is 4.79 Å². The summed E-state index contributed by atoms with van der Waals surface area (Å²) >= 11 is 4.66. The Hall–Kier alpha value is -2.72. The molecule has 1 heterocycles. The highest BCUT2D eigenvalue weighted by Crippen LogP contribution is 2.38. The van der Waals surface area contributed by atoms with Crippen molar-refractivity contribution in [3.05, 3.63) is 82.5 Å². The molecule has 0 amide bonds. The lowest BCUT2D eigenvalue weighted by molar-refractivity contribution is 0.112. The van der Waals surface area contributed by atoms with Crippen molar-refractivity contribution in [1.82, 2.24) is 4.57 Å². The largest absolute Gasteiger partial charge is 0.345 e. The Morgan fingerprint density at radius 3 is 2.48 bits per heavy atom. The van der Waals surface area contributed by atoms with Gasteiger partial charge in [-0.25, -0.2) is 0 Å². The van der Waals surface area contributed by atoms with Crippen LogP contribution in [0.1, 0.15) is 68.2 Å². The van der Waals surface area contributed by atoms with Crippen molar-refractivity contribution >= 4 is 41.2 Å². The third-order valence-electron chi connectivity index (χ3n) is 5.57. The van der Waals surface area contributed by atoms with E-state index < -0.39 is 0 Å². The number of aromatic nitrogens is 1. The lowest BCUT2D eigenvalue weighted by atomic mass is 9.99. The molecule has 0 aliphatic carbocycles. The summed E-state index contributed by atoms with van der Waals surface area (Å²) in [7, 11) is 0. The molecule has 0 aliphatic rings. The average molecular weight is 435 g/mol. The van der Waals surface area contributed by atoms with Crippen LogP contribution in [-0.4, -0.2) is 10.9 Å². The first-order chi connectivity index (χ1) is 14.3. The first kappa shape index (κ1) is 24.5. The van der Waals surface area contributed by atoms with Crippen LogP contribution in [0.4, 0.5) is 5.69 Å². The first-order valence-corrected chi connectivity index (χ1v) is 10.8. The van der Waals surface area contributed by atoms with Gasteiger partial charge < -0.3 is 9.47 Å². The van der Waals surface area contributed by atoms with Gasteiger partial charge in [0, 0.05) is 28.9 Å². The zero-order valence-electron chi connectivity index (χ0n) is 18.4. The molecular formula is C27H34N2OS. The second-order valence-electron chi connectivity index (χ2n) is 7.79. The Bertz CT molecular complexity index is 1140. The fraction of sp³-hybridized carbons (Fsp3) is 0.296. The third kappa shape index (κ3) is 4.49. The van der Waals surface area contributed by atoms with Crippen LogP contribution in [-0.2, 0) is 6.42 Å². The number of rotatable bonds is 7. The zero-order valence-corrected chi connectivity index (χ0v) is 19.3. The number of aldehydes is 1. The van der Waals surface area contributed by atoms with Crippen LogP contribution in [0.25, 0.3) is 16.6 Å². The number of allylic oxidation sites excluding steroid dienone is 1. The minimum atomic E-state index is 0. The average Bonchev–Trinajstić information content (AvgIpc) is 3.18. The standard InChI is InChI=1S/C26H30N2OS.CH4/c1-7-20-15-21(10-11-22(20)16-29)24(8-2)28(19(6)30)25-12-9-18(5)26-23(25)13-14-27(26)17(3)4;/h8-17,30H,6-7H2,1-5H3;1H4/b24-8-;. The molecule has 0 aliphatic heterocycles. The van der Waals surface area contributed by atoms with Crippen molar-refractivity contribution in [3.8, 4) is 0 Å². The summed E-state index contributed by atoms with van der Waals surface area (Å²) in [5.74, 6) is 0. The summed E-state index contributed by atoms with van der Waals surface area (Å²) in [6.45, 7) is 14.8. The summed E-state index contributed by atoms with van der Waals surface area (Å²) in [5.41, 5.74) is 7.30. The molecule has 0 saturated heterocycles. The van der Waals surface area contributed by atoms with Crippen LogP contribution in [0.15, 0.2) is 60.3 Å². The molecule has 3 rings (SSSR count). The van der Waals surface area contributed by atoms with Gasteiger partial charge in [-0.1, -0.05) is 45.2 Å². The monoisotopic (exact) mass is 434 g/mol. The molecule has 0 N–H and O–H groups in total. The molecule has 3 aromatic rings. The fourth-order valence-corrected chi connectivity index (χ4v) is 4.30. The molecule has 0 spiro atoms. The number of hydrogen-bond donors (Lipinski definition) is 1. The number of fused-ring (bicyclic) bond motifs is 1. The van der Waals surface area contributed by atoms with E-state index in [1.54, 1.807) is 0 Å². The normalized spacial score (nSPS) is 11.5. The molecule has 31 heavy (non-hydrogen) atoms. The molecular weight excluding hydrogens is 400 g/mol. The van der Waals surface area contributed by atoms with E-state index in [0.29, 0.717) is 11.1 Å². The van der Waals surface area contributed by atoms with Gasteiger partial charge in [-0.2, -0.15) is 0 Å². The predicted molar refractivity (Wildman–Crippen MR) is 139 cm³/mol. The lowest BCUT2D eigenvalue weighted by Gasteiger charge is -2.29. The van der Waals surface area contributed by atoms with E-state index in [1.807, 2.05) is 19.1 Å². The fourth-order valence-electron chi connectivity index (χ4n) is 4.09. The number of thiol groups is 1. The van der Waals surface area contributed by atoms with Crippen molar-refractivity contribution in [3.63, 3.8) is 0 Å². The van der Waals surface area contributed by atoms with E-state index in [4.69, 9.17) is 0 Å². The molecule has 3 nitrogen and oxygen atoms in total. The number of nitrogens with zero attached hydrogens (tertiary/aromatic N) is 2. The number of aryl methyl sites for hydroxylation is 2. The van der Waals surface area contributed by atoms with Crippen molar-refractivity contribution < 1.29 is 4.79 Å². The van der Waals surface area contributed by atoms with Gasteiger partial charge in [0.25, 0.3) is 0 Å². The second kappa shape index (κ2) is 10.1. The van der Waals surface area contributed by atoms with E-state index >= 15 is 0 Å². The quantitative estimate of drug-likeness (QED) is 0.303. The van der Waals surface area contributed by atoms with E-state index in [1.165, 1.54) is 16.5 Å². The second-order valence-corrected chi connectivity index (χ2v) is 8.31. The predicted octanol–water partition coefficient (Wildman–Crippen LogP) is 7.81. The van der Waals surface area contributed by atoms with E-state index in [0.717, 1.165) is 40.8 Å². The molecule has 0 atom stereocenters. The first-order valence-electron chi connectivity index (χ1n) is 10.4. The number of carbonyl (C=O) groups excluding carboxylic acids is 1. The molecule has 164 valence electrons. The number of carbonyl (C=O) groups is 1. The highest BCUT2D eigenvalue weighted by molar-refractivity contribution is 7.84. The molecule has 0 unspecified atom stereocenters. The van der Waals surface area contributed by atoms with Gasteiger partial charge in [0.05, 0.1) is 16.2 Å². The van der Waals surface area contributed by atoms with Crippen LogP contribution in [0.5, 0.6) is 0 Å². The molecule has 0 bridgehead atoms. The van der Waals surface area contributed by atoms with Crippen LogP contribution < -0.4 is 4.90 Å². The number of anilines is 1. The summed E-state index contributed by atoms with van der Waals surface area (Å²) in [4.78, 5) is 13.5. The maximum absolute atomic E-state index is 11.4. The lowest BCUT2D eigenvalue weighted by Crippen LogP contribution is -2.18. The smallest absolute Gasteiger partial charge is 0.150 e. The minimum Gasteiger partial charge on any atom is -0.345 e. The molecule has 1 aromatic heterocycles. The molecule has 0 fully saturated rings. The molecule has 2 aromatic carbocycles. The van der Waals surface area contributed by atoms with Gasteiger partial charge >= 0.3 is 0 Å². The van der Waals surface area contributed by atoms with Crippen molar-refractivity contribution in [2.45, 2.75) is 54.5 Å². The Morgan fingerprint density at radius 1 is 1.23 bits per heavy atom. The zero-order chi connectivity index (χ0) is 22.0. The van der Waals surface area contributed by atoms with Crippen LogP contribution in [0.2, 0.25) is 0 Å². The van der Waals surface area contributed by atoms with Gasteiger partial charge in [-0.15, -0.1) is 12.6 Å². The van der Waals surface area contributed by atoms with Gasteiger partial charge in [0.15, 0.2) is 0 Å². The van der Waals surface area contributed by atoms with Crippen molar-refractivity contribution in [2.75, 3.05) is 4.90 Å². The Morgan fingerprint density at radius 2 is 1.94 bits per heavy atom. The molecule has 0 saturated carbocycles. The Balaban J connectivity index is 0.00000341. The number of benzene rings is 2. The third-order valence-corrected chi connectivity index (χ3v) is 5.77. The van der Waals surface area contributed by atoms with Crippen LogP contribution >= 0.6 is 12.6 Å². The maximum Gasteiger partial charge on any atom is 0.150 e. The van der Waals surface area contributed by atoms with E-state index in [2.05, 4.69) is 92.9 Å². The summed E-state index contributed by atoms with van der Waals surface area (Å²) < 4.78 is 2.30. The molecule has 4 heteroatoms. The van der Waals surface area contributed by atoms with Gasteiger partial charge in [0.2, 0.25) is 0 Å². The number of hydrogen-bond acceptors (Lipinski definition) is 3. The van der Waals surface area contributed by atoms with Crippen LogP contribution in [0, 0.1) is 6.92 Å². The van der Waals surface area contributed by atoms with Gasteiger partial charge in [-0.05, 0) is 69.0 Å². The Labute approximate surface area is 192 Å². The topological polar surface area (TPSA) is 25.2 Å².